The standard InChI is InChI=1S/C24H24BrF2N3O2/c1-15(26)5-6-20(31)30(18-4-2-3-17(25)11-18)14-23-8-7-19(16(12-23)13-23)21-28-22(32-29-21)24(27)9-10-24/h2-4,11H,1,5-10,12-14H2. The molecule has 1 aromatic carbocycles. The van der Waals surface area contributed by atoms with Gasteiger partial charge >= 0.3 is 0 Å². The number of fused-ring (bicyclic) bond motifs is 2. The van der Waals surface area contributed by atoms with Crippen LogP contribution in [0.4, 0.5) is 14.5 Å². The number of carbonyl (C=O) groups excluding carboxylic acids is 1. The fourth-order valence-corrected chi connectivity index (χ4v) is 5.19. The van der Waals surface area contributed by atoms with Gasteiger partial charge in [-0.3, -0.25) is 4.79 Å². The minimum absolute atomic E-state index is 0.0199. The molecule has 0 unspecified atom stereocenters. The van der Waals surface area contributed by atoms with Crippen molar-refractivity contribution in [1.82, 2.24) is 10.1 Å². The Morgan fingerprint density at radius 2 is 2.03 bits per heavy atom. The van der Waals surface area contributed by atoms with Crippen molar-refractivity contribution >= 4 is 33.1 Å². The molecule has 0 aliphatic heterocycles. The molecule has 0 saturated heterocycles. The normalized spacial score (nSPS) is 20.0. The molecule has 168 valence electrons. The third-order valence-corrected chi connectivity index (χ3v) is 7.29. The first-order valence-corrected chi connectivity index (χ1v) is 11.7. The molecule has 1 amide bonds. The third kappa shape index (κ3) is 4.05. The van der Waals surface area contributed by atoms with Crippen molar-refractivity contribution in [3.63, 3.8) is 0 Å². The minimum atomic E-state index is -1.43. The van der Waals surface area contributed by atoms with Gasteiger partial charge in [0.15, 0.2) is 11.5 Å². The van der Waals surface area contributed by atoms with Gasteiger partial charge in [-0.05, 0) is 67.7 Å². The van der Waals surface area contributed by atoms with Gasteiger partial charge in [0.05, 0.1) is 5.83 Å². The van der Waals surface area contributed by atoms with Crippen molar-refractivity contribution in [1.29, 1.82) is 0 Å². The van der Waals surface area contributed by atoms with Crippen LogP contribution in [0.15, 0.2) is 51.2 Å². The average Bonchev–Trinajstić information content (AvgIpc) is 3.29. The topological polar surface area (TPSA) is 59.2 Å². The van der Waals surface area contributed by atoms with Gasteiger partial charge < -0.3 is 9.42 Å². The summed E-state index contributed by atoms with van der Waals surface area (Å²) in [5.41, 5.74) is 1.66. The molecular weight excluding hydrogens is 480 g/mol. The van der Waals surface area contributed by atoms with Crippen LogP contribution in [0, 0.1) is 5.41 Å². The molecule has 1 aromatic heterocycles. The number of carbonyl (C=O) groups is 1. The Morgan fingerprint density at radius 1 is 1.25 bits per heavy atom. The average molecular weight is 504 g/mol. The van der Waals surface area contributed by atoms with Gasteiger partial charge in [-0.25, -0.2) is 8.78 Å². The van der Waals surface area contributed by atoms with Gasteiger partial charge in [0, 0.05) is 29.5 Å². The second-order valence-corrected chi connectivity index (χ2v) is 10.2. The molecule has 4 aliphatic rings. The summed E-state index contributed by atoms with van der Waals surface area (Å²) in [7, 11) is 0. The number of hydrogen-bond donors (Lipinski definition) is 0. The number of halogens is 3. The summed E-state index contributed by atoms with van der Waals surface area (Å²) in [6.45, 7) is 3.85. The van der Waals surface area contributed by atoms with Crippen LogP contribution in [0.5, 0.6) is 0 Å². The zero-order valence-electron chi connectivity index (χ0n) is 17.7. The monoisotopic (exact) mass is 503 g/mol. The number of alkyl halides is 1. The van der Waals surface area contributed by atoms with Crippen molar-refractivity contribution in [2.75, 3.05) is 11.4 Å². The maximum Gasteiger partial charge on any atom is 0.264 e. The fourth-order valence-electron chi connectivity index (χ4n) is 4.80. The van der Waals surface area contributed by atoms with E-state index in [0.717, 1.165) is 41.4 Å². The molecule has 2 bridgehead atoms. The summed E-state index contributed by atoms with van der Waals surface area (Å²) in [6.07, 6.45) is 4.35. The van der Waals surface area contributed by atoms with Crippen LogP contribution in [0.3, 0.4) is 0 Å². The van der Waals surface area contributed by atoms with Crippen LogP contribution >= 0.6 is 15.9 Å². The molecule has 32 heavy (non-hydrogen) atoms. The van der Waals surface area contributed by atoms with Crippen molar-refractivity contribution < 1.29 is 18.1 Å². The Hall–Kier alpha value is -2.35. The predicted octanol–water partition coefficient (Wildman–Crippen LogP) is 6.41. The molecule has 1 heterocycles. The molecule has 5 nitrogen and oxygen atoms in total. The second kappa shape index (κ2) is 7.90. The summed E-state index contributed by atoms with van der Waals surface area (Å²) in [4.78, 5) is 19.1. The van der Waals surface area contributed by atoms with Crippen molar-refractivity contribution in [2.45, 2.75) is 57.0 Å². The number of benzene rings is 1. The molecule has 2 aromatic rings. The van der Waals surface area contributed by atoms with Crippen LogP contribution in [0.1, 0.15) is 63.1 Å². The zero-order chi connectivity index (χ0) is 22.5. The zero-order valence-corrected chi connectivity index (χ0v) is 19.3. The molecule has 4 aliphatic carbocycles. The van der Waals surface area contributed by atoms with Gasteiger partial charge in [0.2, 0.25) is 5.91 Å². The van der Waals surface area contributed by atoms with E-state index in [1.807, 2.05) is 24.3 Å². The van der Waals surface area contributed by atoms with E-state index in [4.69, 9.17) is 4.52 Å². The largest absolute Gasteiger partial charge is 0.335 e. The quantitative estimate of drug-likeness (QED) is 0.417. The lowest BCUT2D eigenvalue weighted by Crippen LogP contribution is -2.48. The lowest BCUT2D eigenvalue weighted by atomic mass is 9.57. The van der Waals surface area contributed by atoms with E-state index < -0.39 is 11.5 Å². The summed E-state index contributed by atoms with van der Waals surface area (Å²) in [5, 5.41) is 4.03. The van der Waals surface area contributed by atoms with Gasteiger partial charge in [-0.2, -0.15) is 4.98 Å². The smallest absolute Gasteiger partial charge is 0.264 e. The summed E-state index contributed by atoms with van der Waals surface area (Å²) >= 11 is 3.48. The number of nitrogens with zero attached hydrogens (tertiary/aromatic N) is 3. The van der Waals surface area contributed by atoms with E-state index in [1.54, 1.807) is 4.90 Å². The first-order chi connectivity index (χ1) is 15.3. The lowest BCUT2D eigenvalue weighted by Gasteiger charge is -2.51. The summed E-state index contributed by atoms with van der Waals surface area (Å²) < 4.78 is 33.5. The highest BCUT2D eigenvalue weighted by Crippen LogP contribution is 2.58. The highest BCUT2D eigenvalue weighted by molar-refractivity contribution is 9.10. The van der Waals surface area contributed by atoms with Crippen LogP contribution in [-0.2, 0) is 10.5 Å². The van der Waals surface area contributed by atoms with Crippen molar-refractivity contribution in [3.8, 4) is 0 Å². The van der Waals surface area contributed by atoms with Gasteiger partial charge in [0.25, 0.3) is 5.89 Å². The van der Waals surface area contributed by atoms with Crippen LogP contribution in [0.25, 0.3) is 5.57 Å². The van der Waals surface area contributed by atoms with Gasteiger partial charge in [-0.15, -0.1) is 0 Å². The number of anilines is 1. The van der Waals surface area contributed by atoms with Crippen LogP contribution in [0.2, 0.25) is 0 Å². The second-order valence-electron chi connectivity index (χ2n) is 9.30. The number of hydrogen-bond acceptors (Lipinski definition) is 4. The van der Waals surface area contributed by atoms with Crippen molar-refractivity contribution in [2.24, 2.45) is 5.41 Å². The molecule has 2 saturated carbocycles. The fraction of sp³-hybridized carbons (Fsp3) is 0.458. The van der Waals surface area contributed by atoms with Gasteiger partial charge in [0.1, 0.15) is 0 Å². The lowest BCUT2D eigenvalue weighted by molar-refractivity contribution is -0.119. The Kier molecular flexibility index (Phi) is 5.31. The van der Waals surface area contributed by atoms with Gasteiger partial charge in [-0.1, -0.05) is 39.3 Å². The Morgan fingerprint density at radius 3 is 2.66 bits per heavy atom. The van der Waals surface area contributed by atoms with Crippen LogP contribution in [-0.4, -0.2) is 22.6 Å². The minimum Gasteiger partial charge on any atom is -0.335 e. The van der Waals surface area contributed by atoms with E-state index in [-0.39, 0.29) is 30.1 Å². The Balaban J connectivity index is 1.33. The Labute approximate surface area is 193 Å². The maximum absolute atomic E-state index is 14.2. The molecule has 8 heteroatoms. The molecular formula is C24H24BrF2N3O2. The highest BCUT2D eigenvalue weighted by atomic mass is 79.9. The van der Waals surface area contributed by atoms with E-state index >= 15 is 0 Å². The van der Waals surface area contributed by atoms with E-state index in [9.17, 15) is 13.6 Å². The van der Waals surface area contributed by atoms with E-state index in [0.29, 0.717) is 25.2 Å². The van der Waals surface area contributed by atoms with E-state index in [1.165, 1.54) is 5.57 Å². The SMILES string of the molecule is C=C(F)CCC(=O)N(CC12CCC(c3noc(C4(F)CC4)n3)=C(C1)C2)c1cccc(Br)c1. The van der Waals surface area contributed by atoms with Crippen LogP contribution < -0.4 is 4.90 Å². The number of allylic oxidation sites excluding steroid dienone is 3. The molecule has 6 rings (SSSR count). The first kappa shape index (κ1) is 21.5. The third-order valence-electron chi connectivity index (χ3n) is 6.80. The first-order valence-electron chi connectivity index (χ1n) is 10.9. The Bertz CT molecular complexity index is 1110. The summed E-state index contributed by atoms with van der Waals surface area (Å²) in [6, 6.07) is 7.61. The number of amides is 1. The molecule has 0 N–H and O–H groups in total. The molecule has 0 radical (unpaired) electrons. The van der Waals surface area contributed by atoms with E-state index in [2.05, 4.69) is 32.6 Å². The highest BCUT2D eigenvalue weighted by Gasteiger charge is 2.51. The predicted molar refractivity (Wildman–Crippen MR) is 120 cm³/mol. The molecule has 0 spiro atoms. The molecule has 2 fully saturated rings. The maximum atomic E-state index is 14.2. The van der Waals surface area contributed by atoms with Crippen molar-refractivity contribution in [3.05, 3.63) is 58.4 Å². The molecule has 0 atom stereocenters. The summed E-state index contributed by atoms with van der Waals surface area (Å²) in [5.74, 6) is 0.00819. The number of rotatable bonds is 8. The number of aromatic nitrogens is 2.